The third-order valence-electron chi connectivity index (χ3n) is 2.24. The highest BCUT2D eigenvalue weighted by atomic mass is 19.2. The minimum absolute atomic E-state index is 0.363. The number of benzene rings is 1. The Bertz CT molecular complexity index is 435. The summed E-state index contributed by atoms with van der Waals surface area (Å²) in [6, 6.07) is -0.00624. The Morgan fingerprint density at radius 1 is 1.29 bits per heavy atom. The normalized spacial score (nSPS) is 12.6. The van der Waals surface area contributed by atoms with Gasteiger partial charge in [-0.1, -0.05) is 13.8 Å². The van der Waals surface area contributed by atoms with E-state index >= 15 is 0 Å². The molecule has 1 aromatic carbocycles. The molecule has 17 heavy (non-hydrogen) atoms. The van der Waals surface area contributed by atoms with Crippen molar-refractivity contribution in [3.05, 3.63) is 29.6 Å². The van der Waals surface area contributed by atoms with Gasteiger partial charge in [-0.2, -0.15) is 0 Å². The number of hydrogen-bond acceptors (Lipinski definition) is 2. The number of rotatable bonds is 4. The third kappa shape index (κ3) is 3.12. The molecule has 0 aromatic heterocycles. The van der Waals surface area contributed by atoms with E-state index in [0.717, 1.165) is 6.07 Å². The molecule has 0 aliphatic carbocycles. The molecular formula is C11H12F3NO2. The molecule has 0 saturated heterocycles. The summed E-state index contributed by atoms with van der Waals surface area (Å²) in [4.78, 5) is 10.9. The summed E-state index contributed by atoms with van der Waals surface area (Å²) in [6.45, 7) is 3.19. The van der Waals surface area contributed by atoms with Crippen LogP contribution in [0.15, 0.2) is 12.1 Å². The van der Waals surface area contributed by atoms with Crippen LogP contribution in [0.3, 0.4) is 0 Å². The summed E-state index contributed by atoms with van der Waals surface area (Å²) in [7, 11) is 0. The molecule has 1 rings (SSSR count). The van der Waals surface area contributed by atoms with Gasteiger partial charge in [0.2, 0.25) is 0 Å². The molecule has 0 heterocycles. The van der Waals surface area contributed by atoms with E-state index in [1.54, 1.807) is 13.8 Å². The van der Waals surface area contributed by atoms with E-state index in [1.807, 2.05) is 0 Å². The average Bonchev–Trinajstić information content (AvgIpc) is 2.19. The van der Waals surface area contributed by atoms with Crippen molar-refractivity contribution in [2.45, 2.75) is 19.9 Å². The molecule has 0 fully saturated rings. The molecule has 0 bridgehead atoms. The van der Waals surface area contributed by atoms with Crippen LogP contribution in [-0.2, 0) is 4.79 Å². The van der Waals surface area contributed by atoms with Crippen LogP contribution in [0.5, 0.6) is 0 Å². The predicted octanol–water partition coefficient (Wildman–Crippen LogP) is 2.62. The number of carboxylic acid groups (broad SMARTS) is 1. The number of halogens is 3. The van der Waals surface area contributed by atoms with Crippen molar-refractivity contribution < 1.29 is 23.1 Å². The second-order valence-corrected chi connectivity index (χ2v) is 3.95. The molecule has 6 heteroatoms. The van der Waals surface area contributed by atoms with Gasteiger partial charge in [-0.3, -0.25) is 0 Å². The van der Waals surface area contributed by atoms with Gasteiger partial charge in [0.05, 0.1) is 5.69 Å². The lowest BCUT2D eigenvalue weighted by Gasteiger charge is -2.19. The van der Waals surface area contributed by atoms with Gasteiger partial charge in [0, 0.05) is 12.1 Å². The molecule has 1 aromatic rings. The number of carboxylic acids is 1. The highest BCUT2D eigenvalue weighted by Gasteiger charge is 2.23. The van der Waals surface area contributed by atoms with E-state index < -0.39 is 35.2 Å². The number of nitrogens with one attached hydrogen (secondary N) is 1. The summed E-state index contributed by atoms with van der Waals surface area (Å²) in [5.74, 6) is -5.21. The quantitative estimate of drug-likeness (QED) is 0.804. The average molecular weight is 247 g/mol. The Morgan fingerprint density at radius 2 is 1.88 bits per heavy atom. The van der Waals surface area contributed by atoms with Crippen LogP contribution in [-0.4, -0.2) is 17.1 Å². The SMILES string of the molecule is CC(C)C(Nc1cc(F)cc(F)c1F)C(=O)O. The fourth-order valence-corrected chi connectivity index (χ4v) is 1.34. The van der Waals surface area contributed by atoms with Crippen LogP contribution in [0, 0.1) is 23.4 Å². The lowest BCUT2D eigenvalue weighted by atomic mass is 10.0. The van der Waals surface area contributed by atoms with E-state index in [4.69, 9.17) is 5.11 Å². The standard InChI is InChI=1S/C11H12F3NO2/c1-5(2)10(11(16)17)15-8-4-6(12)3-7(13)9(8)14/h3-5,10,15H,1-2H3,(H,16,17). The predicted molar refractivity (Wildman–Crippen MR) is 56.2 cm³/mol. The first-order valence-corrected chi connectivity index (χ1v) is 4.96. The lowest BCUT2D eigenvalue weighted by Crippen LogP contribution is -2.34. The number of anilines is 1. The molecule has 0 radical (unpaired) electrons. The van der Waals surface area contributed by atoms with Crippen molar-refractivity contribution in [1.29, 1.82) is 0 Å². The summed E-state index contributed by atoms with van der Waals surface area (Å²) >= 11 is 0. The monoisotopic (exact) mass is 247 g/mol. The van der Waals surface area contributed by atoms with Gasteiger partial charge in [0.15, 0.2) is 11.6 Å². The molecule has 1 atom stereocenters. The molecule has 3 nitrogen and oxygen atoms in total. The molecule has 1 unspecified atom stereocenters. The van der Waals surface area contributed by atoms with Crippen molar-refractivity contribution in [1.82, 2.24) is 0 Å². The molecule has 0 aliphatic rings. The Hall–Kier alpha value is -1.72. The largest absolute Gasteiger partial charge is 0.480 e. The Balaban J connectivity index is 3.05. The Kier molecular flexibility index (Phi) is 3.98. The Morgan fingerprint density at radius 3 is 2.35 bits per heavy atom. The van der Waals surface area contributed by atoms with Gasteiger partial charge in [0.25, 0.3) is 0 Å². The molecule has 0 amide bonds. The first kappa shape index (κ1) is 13.3. The molecule has 2 N–H and O–H groups in total. The second kappa shape index (κ2) is 5.07. The molecule has 0 spiro atoms. The van der Waals surface area contributed by atoms with E-state index in [0.29, 0.717) is 6.07 Å². The summed E-state index contributed by atoms with van der Waals surface area (Å²) in [5.41, 5.74) is -0.497. The third-order valence-corrected chi connectivity index (χ3v) is 2.24. The van der Waals surface area contributed by atoms with E-state index in [9.17, 15) is 18.0 Å². The first-order valence-electron chi connectivity index (χ1n) is 4.96. The van der Waals surface area contributed by atoms with Gasteiger partial charge in [-0.15, -0.1) is 0 Å². The van der Waals surface area contributed by atoms with Gasteiger partial charge >= 0.3 is 5.97 Å². The lowest BCUT2D eigenvalue weighted by molar-refractivity contribution is -0.138. The molecule has 94 valence electrons. The summed E-state index contributed by atoms with van der Waals surface area (Å²) < 4.78 is 39.0. The van der Waals surface area contributed by atoms with E-state index in [1.165, 1.54) is 0 Å². The van der Waals surface area contributed by atoms with Crippen molar-refractivity contribution in [3.63, 3.8) is 0 Å². The maximum atomic E-state index is 13.3. The van der Waals surface area contributed by atoms with Crippen molar-refractivity contribution in [2.24, 2.45) is 5.92 Å². The van der Waals surface area contributed by atoms with Crippen molar-refractivity contribution in [2.75, 3.05) is 5.32 Å². The van der Waals surface area contributed by atoms with Gasteiger partial charge < -0.3 is 10.4 Å². The van der Waals surface area contributed by atoms with Crippen LogP contribution in [0.2, 0.25) is 0 Å². The van der Waals surface area contributed by atoms with Crippen LogP contribution in [0.25, 0.3) is 0 Å². The fraction of sp³-hybridized carbons (Fsp3) is 0.364. The molecular weight excluding hydrogens is 235 g/mol. The van der Waals surface area contributed by atoms with Gasteiger partial charge in [-0.25, -0.2) is 18.0 Å². The number of aliphatic carboxylic acids is 1. The molecule has 0 saturated carbocycles. The topological polar surface area (TPSA) is 49.3 Å². The zero-order valence-corrected chi connectivity index (χ0v) is 9.30. The summed E-state index contributed by atoms with van der Waals surface area (Å²) in [5, 5.41) is 11.1. The number of carbonyl (C=O) groups is 1. The second-order valence-electron chi connectivity index (χ2n) is 3.95. The number of hydrogen-bond donors (Lipinski definition) is 2. The minimum atomic E-state index is -1.36. The summed E-state index contributed by atoms with van der Waals surface area (Å²) in [6.07, 6.45) is 0. The van der Waals surface area contributed by atoms with E-state index in [-0.39, 0.29) is 5.92 Å². The maximum absolute atomic E-state index is 13.3. The van der Waals surface area contributed by atoms with Crippen molar-refractivity contribution >= 4 is 11.7 Å². The zero-order valence-electron chi connectivity index (χ0n) is 9.30. The smallest absolute Gasteiger partial charge is 0.326 e. The van der Waals surface area contributed by atoms with Crippen LogP contribution in [0.4, 0.5) is 18.9 Å². The highest BCUT2D eigenvalue weighted by Crippen LogP contribution is 2.21. The van der Waals surface area contributed by atoms with Crippen LogP contribution >= 0.6 is 0 Å². The minimum Gasteiger partial charge on any atom is -0.480 e. The van der Waals surface area contributed by atoms with Crippen LogP contribution < -0.4 is 5.32 Å². The van der Waals surface area contributed by atoms with E-state index in [2.05, 4.69) is 5.32 Å². The maximum Gasteiger partial charge on any atom is 0.326 e. The van der Waals surface area contributed by atoms with Gasteiger partial charge in [-0.05, 0) is 5.92 Å². The Labute approximate surface area is 96.3 Å². The first-order chi connectivity index (χ1) is 7.82. The zero-order chi connectivity index (χ0) is 13.2. The molecule has 0 aliphatic heterocycles. The van der Waals surface area contributed by atoms with Crippen molar-refractivity contribution in [3.8, 4) is 0 Å². The fourth-order valence-electron chi connectivity index (χ4n) is 1.34. The van der Waals surface area contributed by atoms with Gasteiger partial charge in [0.1, 0.15) is 11.9 Å². The van der Waals surface area contributed by atoms with Crippen LogP contribution in [0.1, 0.15) is 13.8 Å². The highest BCUT2D eigenvalue weighted by molar-refractivity contribution is 5.77.